The molecule has 1 N–H and O–H groups in total. The van der Waals surface area contributed by atoms with Crippen LogP contribution < -0.4 is 0 Å². The quantitative estimate of drug-likeness (QED) is 0.116. The van der Waals surface area contributed by atoms with Crippen LogP contribution in [0.25, 0.3) is 0 Å². The number of benzene rings is 1. The van der Waals surface area contributed by atoms with Crippen LogP contribution in [0, 0.1) is 0 Å². The molecule has 0 heterocycles. The van der Waals surface area contributed by atoms with Crippen LogP contribution in [-0.4, -0.2) is 34.0 Å². The summed E-state index contributed by atoms with van der Waals surface area (Å²) >= 11 is 4.14. The summed E-state index contributed by atoms with van der Waals surface area (Å²) in [5.74, 6) is 3.89. The second-order valence-electron chi connectivity index (χ2n) is 8.90. The van der Waals surface area contributed by atoms with Crippen molar-refractivity contribution in [3.8, 4) is 0 Å². The number of hydrogen-bond acceptors (Lipinski definition) is 4. The molecule has 6 heteroatoms. The zero-order valence-corrected chi connectivity index (χ0v) is 23.6. The van der Waals surface area contributed by atoms with E-state index in [2.05, 4.69) is 55.9 Å². The van der Waals surface area contributed by atoms with Crippen molar-refractivity contribution in [3.63, 3.8) is 0 Å². The van der Waals surface area contributed by atoms with Gasteiger partial charge in [-0.1, -0.05) is 108 Å². The van der Waals surface area contributed by atoms with Crippen molar-refractivity contribution in [2.75, 3.05) is 23.9 Å². The van der Waals surface area contributed by atoms with Gasteiger partial charge in [0.05, 0.1) is 0 Å². The fourth-order valence-corrected chi connectivity index (χ4v) is 7.28. The third kappa shape index (κ3) is 17.1. The van der Waals surface area contributed by atoms with Gasteiger partial charge in [-0.25, -0.2) is 0 Å². The number of hydrogen-bond donors (Lipinski definition) is 1. The van der Waals surface area contributed by atoms with Crippen molar-refractivity contribution < 1.29 is 14.0 Å². The Hall–Kier alpha value is -0.0600. The summed E-state index contributed by atoms with van der Waals surface area (Å²) in [5.41, 5.74) is 1.45. The molecule has 190 valence electrons. The van der Waals surface area contributed by atoms with E-state index in [1.54, 1.807) is 0 Å². The molecule has 0 aromatic heterocycles. The summed E-state index contributed by atoms with van der Waals surface area (Å²) in [6.45, 7) is 4.95. The van der Waals surface area contributed by atoms with E-state index in [4.69, 9.17) is 9.42 Å². The van der Waals surface area contributed by atoms with Gasteiger partial charge in [0.2, 0.25) is 0 Å². The second kappa shape index (κ2) is 22.4. The molecule has 0 amide bonds. The lowest BCUT2D eigenvalue weighted by molar-refractivity contribution is 0.283. The molecule has 0 fully saturated rings. The van der Waals surface area contributed by atoms with Gasteiger partial charge in [0.25, 0.3) is 0 Å². The minimum atomic E-state index is -2.47. The van der Waals surface area contributed by atoms with Crippen LogP contribution in [0.5, 0.6) is 0 Å². The van der Waals surface area contributed by atoms with E-state index in [1.807, 2.05) is 11.8 Å². The third-order valence-corrected chi connectivity index (χ3v) is 9.10. The number of rotatable bonds is 23. The highest BCUT2D eigenvalue weighted by molar-refractivity contribution is 8.00. The van der Waals surface area contributed by atoms with Crippen molar-refractivity contribution >= 4 is 31.8 Å². The van der Waals surface area contributed by atoms with Crippen LogP contribution in [-0.2, 0) is 9.09 Å². The number of thioether (sulfide) groups is 2. The van der Waals surface area contributed by atoms with Gasteiger partial charge in [-0.15, -0.1) is 9.42 Å². The van der Waals surface area contributed by atoms with E-state index in [0.29, 0.717) is 17.8 Å². The molecular weight excluding hydrogens is 467 g/mol. The molecule has 0 aliphatic heterocycles. The van der Waals surface area contributed by atoms with Gasteiger partial charge < -0.3 is 0 Å². The van der Waals surface area contributed by atoms with Crippen LogP contribution in [0.3, 0.4) is 0 Å². The van der Waals surface area contributed by atoms with Crippen LogP contribution in [0.4, 0.5) is 0 Å². The minimum Gasteiger partial charge on any atom is -0.161 e. The maximum absolute atomic E-state index is 10.6. The molecule has 1 rings (SSSR count). The highest BCUT2D eigenvalue weighted by Gasteiger charge is 2.23. The van der Waals surface area contributed by atoms with Crippen LogP contribution in [0.2, 0.25) is 0 Å². The van der Waals surface area contributed by atoms with E-state index < -0.39 is 8.25 Å². The van der Waals surface area contributed by atoms with Gasteiger partial charge >= 0.3 is 8.25 Å². The molecule has 0 saturated heterocycles. The Kier molecular flexibility index (Phi) is 21.0. The summed E-state index contributed by atoms with van der Waals surface area (Å²) < 4.78 is 15.4. The molecule has 3 atom stereocenters. The fourth-order valence-electron chi connectivity index (χ4n) is 4.14. The van der Waals surface area contributed by atoms with E-state index in [9.17, 15) is 4.57 Å². The van der Waals surface area contributed by atoms with Gasteiger partial charge in [-0.05, 0) is 36.3 Å². The van der Waals surface area contributed by atoms with E-state index in [1.165, 1.54) is 88.4 Å². The molecule has 0 aliphatic rings. The van der Waals surface area contributed by atoms with Gasteiger partial charge in [-0.3, -0.25) is 0 Å². The Morgan fingerprint density at radius 2 is 1.48 bits per heavy atom. The van der Waals surface area contributed by atoms with Crippen molar-refractivity contribution in [3.05, 3.63) is 35.9 Å². The van der Waals surface area contributed by atoms with Crippen LogP contribution in [0.1, 0.15) is 109 Å². The average molecular weight is 516 g/mol. The summed E-state index contributed by atoms with van der Waals surface area (Å²) in [4.78, 5) is 8.76. The van der Waals surface area contributed by atoms with Crippen molar-refractivity contribution in [1.29, 1.82) is 0 Å². The molecule has 3 unspecified atom stereocenters. The monoisotopic (exact) mass is 515 g/mol. The Morgan fingerprint density at radius 3 is 2.09 bits per heavy atom. The maximum Gasteiger partial charge on any atom is 0.694 e. The van der Waals surface area contributed by atoms with Gasteiger partial charge in [-0.2, -0.15) is 23.5 Å². The smallest absolute Gasteiger partial charge is 0.161 e. The topological polar surface area (TPSA) is 46.5 Å². The Balaban J connectivity index is 2.37. The first kappa shape index (κ1) is 31.0. The maximum atomic E-state index is 10.6. The molecular formula is C27H48O3PS2+. The fraction of sp³-hybridized carbons (Fsp3) is 0.778. The zero-order valence-electron chi connectivity index (χ0n) is 21.1. The van der Waals surface area contributed by atoms with E-state index >= 15 is 0 Å². The van der Waals surface area contributed by atoms with Gasteiger partial charge in [0.1, 0.15) is 6.61 Å². The largest absolute Gasteiger partial charge is 0.694 e. The molecule has 0 radical (unpaired) electrons. The SMILES string of the molecule is CCCCCCCCCCCCSC(CCC)C(CSCCCO[P+](=O)O)c1ccccc1. The molecule has 0 spiro atoms. The second-order valence-corrected chi connectivity index (χ2v) is 12.1. The molecule has 3 nitrogen and oxygen atoms in total. The van der Waals surface area contributed by atoms with E-state index in [-0.39, 0.29) is 0 Å². The molecule has 0 saturated carbocycles. The van der Waals surface area contributed by atoms with Crippen LogP contribution >= 0.6 is 31.8 Å². The molecule has 33 heavy (non-hydrogen) atoms. The molecule has 0 aliphatic carbocycles. The standard InChI is InChI=1S/C27H47O3PS2/c1-3-5-6-7-8-9-10-11-12-16-23-33-27(18-4-2)26(25-19-14-13-15-20-25)24-32-22-17-21-30-31(28)29/h13-15,19-20,26-27H,3-12,16-18,21-24H2,1-2H3/p+1. The molecule has 1 aromatic carbocycles. The highest BCUT2D eigenvalue weighted by Crippen LogP contribution is 2.35. The predicted octanol–water partition coefficient (Wildman–Crippen LogP) is 9.38. The highest BCUT2D eigenvalue weighted by atomic mass is 32.2. The molecule has 0 bridgehead atoms. The van der Waals surface area contributed by atoms with E-state index in [0.717, 1.165) is 17.9 Å². The van der Waals surface area contributed by atoms with Gasteiger partial charge in [0, 0.05) is 21.5 Å². The molecule has 1 aromatic rings. The summed E-state index contributed by atoms with van der Waals surface area (Å²) in [6, 6.07) is 11.0. The first-order valence-electron chi connectivity index (χ1n) is 13.2. The minimum absolute atomic E-state index is 0.362. The summed E-state index contributed by atoms with van der Waals surface area (Å²) in [5, 5.41) is 0.659. The lowest BCUT2D eigenvalue weighted by Gasteiger charge is -2.27. The summed E-state index contributed by atoms with van der Waals surface area (Å²) in [7, 11) is -2.47. The average Bonchev–Trinajstić information content (AvgIpc) is 2.82. The number of unbranched alkanes of at least 4 members (excludes halogenated alkanes) is 9. The lowest BCUT2D eigenvalue weighted by atomic mass is 9.95. The van der Waals surface area contributed by atoms with Crippen molar-refractivity contribution in [1.82, 2.24) is 0 Å². The lowest BCUT2D eigenvalue weighted by Crippen LogP contribution is -2.19. The predicted molar refractivity (Wildman–Crippen MR) is 150 cm³/mol. The summed E-state index contributed by atoms with van der Waals surface area (Å²) in [6.07, 6.45) is 17.2. The zero-order chi connectivity index (χ0) is 24.0. The Labute approximate surface area is 213 Å². The Morgan fingerprint density at radius 1 is 0.848 bits per heavy atom. The first-order valence-corrected chi connectivity index (χ1v) is 16.6. The third-order valence-electron chi connectivity index (χ3n) is 6.01. The Bertz CT molecular complexity index is 574. The van der Waals surface area contributed by atoms with Gasteiger partial charge in [0.15, 0.2) is 0 Å². The van der Waals surface area contributed by atoms with Crippen molar-refractivity contribution in [2.45, 2.75) is 108 Å². The first-order chi connectivity index (χ1) is 16.2. The normalized spacial score (nSPS) is 13.7. The van der Waals surface area contributed by atoms with Crippen LogP contribution in [0.15, 0.2) is 30.3 Å². The van der Waals surface area contributed by atoms with Crippen molar-refractivity contribution in [2.24, 2.45) is 0 Å².